The highest BCUT2D eigenvalue weighted by Gasteiger charge is 2.23. The minimum absolute atomic E-state index is 0.148. The third-order valence-electron chi connectivity index (χ3n) is 4.38. The molecule has 3 rings (SSSR count). The summed E-state index contributed by atoms with van der Waals surface area (Å²) in [6.45, 7) is 4.62. The van der Waals surface area contributed by atoms with E-state index in [1.165, 1.54) is 5.56 Å². The molecular formula is C18H23N3O. The average Bonchev–Trinajstić information content (AvgIpc) is 3.00. The predicted octanol–water partition coefficient (Wildman–Crippen LogP) is 2.03. The first-order valence-corrected chi connectivity index (χ1v) is 7.91. The van der Waals surface area contributed by atoms with Gasteiger partial charge in [0.15, 0.2) is 0 Å². The summed E-state index contributed by atoms with van der Waals surface area (Å²) < 4.78 is 1.89. The fourth-order valence-electron chi connectivity index (χ4n) is 2.95. The molecule has 1 aromatic heterocycles. The van der Waals surface area contributed by atoms with E-state index >= 15 is 0 Å². The molecule has 0 radical (unpaired) electrons. The SMILES string of the molecule is Cn1cccc1C(=O)N1CCN(CCc2ccccc2)CC1. The minimum Gasteiger partial charge on any atom is -0.347 e. The highest BCUT2D eigenvalue weighted by Crippen LogP contribution is 2.10. The molecule has 1 amide bonds. The van der Waals surface area contributed by atoms with E-state index in [4.69, 9.17) is 0 Å². The molecule has 22 heavy (non-hydrogen) atoms. The molecular weight excluding hydrogens is 274 g/mol. The van der Waals surface area contributed by atoms with Gasteiger partial charge in [0.25, 0.3) is 5.91 Å². The highest BCUT2D eigenvalue weighted by molar-refractivity contribution is 5.92. The van der Waals surface area contributed by atoms with Crippen LogP contribution in [0, 0.1) is 0 Å². The van der Waals surface area contributed by atoms with Crippen molar-refractivity contribution < 1.29 is 4.79 Å². The van der Waals surface area contributed by atoms with Crippen molar-refractivity contribution in [3.05, 3.63) is 59.9 Å². The van der Waals surface area contributed by atoms with Crippen LogP contribution in [0.1, 0.15) is 16.1 Å². The largest absolute Gasteiger partial charge is 0.347 e. The number of nitrogens with zero attached hydrogens (tertiary/aromatic N) is 3. The molecule has 4 nitrogen and oxygen atoms in total. The molecule has 2 aromatic rings. The van der Waals surface area contributed by atoms with Gasteiger partial charge in [-0.15, -0.1) is 0 Å². The van der Waals surface area contributed by atoms with Crippen LogP contribution >= 0.6 is 0 Å². The van der Waals surface area contributed by atoms with Crippen LogP contribution in [-0.2, 0) is 13.5 Å². The summed E-state index contributed by atoms with van der Waals surface area (Å²) in [5, 5.41) is 0. The second-order valence-electron chi connectivity index (χ2n) is 5.87. The lowest BCUT2D eigenvalue weighted by molar-refractivity contribution is 0.0629. The Kier molecular flexibility index (Phi) is 4.59. The Morgan fingerprint density at radius 1 is 1.00 bits per heavy atom. The number of carbonyl (C=O) groups excluding carboxylic acids is 1. The Labute approximate surface area is 132 Å². The Hall–Kier alpha value is -2.07. The normalized spacial score (nSPS) is 16.0. The predicted molar refractivity (Wildman–Crippen MR) is 87.9 cm³/mol. The summed E-state index contributed by atoms with van der Waals surface area (Å²) in [5.41, 5.74) is 2.16. The van der Waals surface area contributed by atoms with Gasteiger partial charge in [-0.05, 0) is 24.1 Å². The van der Waals surface area contributed by atoms with Gasteiger partial charge >= 0.3 is 0 Å². The van der Waals surface area contributed by atoms with Crippen molar-refractivity contribution in [2.24, 2.45) is 7.05 Å². The summed E-state index contributed by atoms with van der Waals surface area (Å²) in [5.74, 6) is 0.148. The standard InChI is InChI=1S/C18H23N3O/c1-19-10-5-8-17(19)18(22)21-14-12-20(13-15-21)11-9-16-6-3-2-4-7-16/h2-8,10H,9,11-15H2,1H3. The fraction of sp³-hybridized carbons (Fsp3) is 0.389. The van der Waals surface area contributed by atoms with Crippen LogP contribution in [0.3, 0.4) is 0 Å². The number of hydrogen-bond acceptors (Lipinski definition) is 2. The van der Waals surface area contributed by atoms with E-state index in [1.54, 1.807) is 0 Å². The first kappa shape index (κ1) is 14.9. The van der Waals surface area contributed by atoms with Crippen LogP contribution in [0.15, 0.2) is 48.7 Å². The van der Waals surface area contributed by atoms with Gasteiger partial charge in [-0.25, -0.2) is 0 Å². The van der Waals surface area contributed by atoms with Gasteiger partial charge in [-0.1, -0.05) is 30.3 Å². The average molecular weight is 297 g/mol. The van der Waals surface area contributed by atoms with Crippen LogP contribution < -0.4 is 0 Å². The summed E-state index contributed by atoms with van der Waals surface area (Å²) in [6.07, 6.45) is 3.00. The maximum absolute atomic E-state index is 12.5. The number of hydrogen-bond donors (Lipinski definition) is 0. The van der Waals surface area contributed by atoms with Gasteiger partial charge in [0.05, 0.1) is 0 Å². The zero-order valence-electron chi connectivity index (χ0n) is 13.1. The molecule has 116 valence electrons. The quantitative estimate of drug-likeness (QED) is 0.864. The third kappa shape index (κ3) is 3.39. The lowest BCUT2D eigenvalue weighted by atomic mass is 10.1. The van der Waals surface area contributed by atoms with E-state index in [9.17, 15) is 4.79 Å². The van der Waals surface area contributed by atoms with Gasteiger partial charge in [-0.3, -0.25) is 9.69 Å². The van der Waals surface area contributed by atoms with Crippen LogP contribution in [0.25, 0.3) is 0 Å². The van der Waals surface area contributed by atoms with Crippen LogP contribution in [0.4, 0.5) is 0 Å². The van der Waals surface area contributed by atoms with Gasteiger partial charge in [-0.2, -0.15) is 0 Å². The lowest BCUT2D eigenvalue weighted by Crippen LogP contribution is -2.49. The molecule has 2 heterocycles. The molecule has 1 saturated heterocycles. The van der Waals surface area contributed by atoms with Crippen molar-refractivity contribution >= 4 is 5.91 Å². The smallest absolute Gasteiger partial charge is 0.270 e. The van der Waals surface area contributed by atoms with Crippen molar-refractivity contribution in [2.75, 3.05) is 32.7 Å². The fourth-order valence-corrected chi connectivity index (χ4v) is 2.95. The number of aromatic nitrogens is 1. The molecule has 0 unspecified atom stereocenters. The molecule has 1 fully saturated rings. The number of benzene rings is 1. The Bertz CT molecular complexity index is 612. The van der Waals surface area contributed by atoms with Crippen molar-refractivity contribution in [2.45, 2.75) is 6.42 Å². The molecule has 0 saturated carbocycles. The zero-order valence-corrected chi connectivity index (χ0v) is 13.1. The van der Waals surface area contributed by atoms with Crippen LogP contribution in [0.2, 0.25) is 0 Å². The van der Waals surface area contributed by atoms with Crippen molar-refractivity contribution in [3.63, 3.8) is 0 Å². The van der Waals surface area contributed by atoms with Gasteiger partial charge in [0.2, 0.25) is 0 Å². The topological polar surface area (TPSA) is 28.5 Å². The Morgan fingerprint density at radius 2 is 1.73 bits per heavy atom. The minimum atomic E-state index is 0.148. The summed E-state index contributed by atoms with van der Waals surface area (Å²) >= 11 is 0. The Balaban J connectivity index is 1.48. The summed E-state index contributed by atoms with van der Waals surface area (Å²) in [4.78, 5) is 16.9. The van der Waals surface area contributed by atoms with Gasteiger partial charge in [0.1, 0.15) is 5.69 Å². The number of amides is 1. The van der Waals surface area contributed by atoms with Crippen LogP contribution in [-0.4, -0.2) is 53.0 Å². The number of carbonyl (C=O) groups is 1. The molecule has 0 atom stereocenters. The van der Waals surface area contributed by atoms with Crippen LogP contribution in [0.5, 0.6) is 0 Å². The van der Waals surface area contributed by atoms with Gasteiger partial charge in [0, 0.05) is 46.0 Å². The highest BCUT2D eigenvalue weighted by atomic mass is 16.2. The van der Waals surface area contributed by atoms with E-state index in [1.807, 2.05) is 34.8 Å². The van der Waals surface area contributed by atoms with Crippen molar-refractivity contribution in [1.82, 2.24) is 14.4 Å². The maximum atomic E-state index is 12.5. The molecule has 4 heteroatoms. The molecule has 1 aliphatic heterocycles. The molecule has 0 aliphatic carbocycles. The van der Waals surface area contributed by atoms with E-state index in [2.05, 4.69) is 35.2 Å². The summed E-state index contributed by atoms with van der Waals surface area (Å²) in [7, 11) is 1.92. The first-order valence-electron chi connectivity index (χ1n) is 7.91. The molecule has 1 aliphatic rings. The van der Waals surface area contributed by atoms with Crippen molar-refractivity contribution in [1.29, 1.82) is 0 Å². The summed E-state index contributed by atoms with van der Waals surface area (Å²) in [6, 6.07) is 14.4. The van der Waals surface area contributed by atoms with E-state index in [0.717, 1.165) is 44.8 Å². The monoisotopic (exact) mass is 297 g/mol. The Morgan fingerprint density at radius 3 is 2.36 bits per heavy atom. The van der Waals surface area contributed by atoms with E-state index < -0.39 is 0 Å². The number of rotatable bonds is 4. The molecule has 0 bridgehead atoms. The molecule has 0 spiro atoms. The van der Waals surface area contributed by atoms with E-state index in [-0.39, 0.29) is 5.91 Å². The first-order chi connectivity index (χ1) is 10.7. The number of piperazine rings is 1. The number of aryl methyl sites for hydroxylation is 1. The molecule has 0 N–H and O–H groups in total. The zero-order chi connectivity index (χ0) is 15.4. The second-order valence-corrected chi connectivity index (χ2v) is 5.87. The second kappa shape index (κ2) is 6.79. The van der Waals surface area contributed by atoms with E-state index in [0.29, 0.717) is 0 Å². The third-order valence-corrected chi connectivity index (χ3v) is 4.38. The lowest BCUT2D eigenvalue weighted by Gasteiger charge is -2.34. The van der Waals surface area contributed by atoms with Crippen molar-refractivity contribution in [3.8, 4) is 0 Å². The maximum Gasteiger partial charge on any atom is 0.270 e. The van der Waals surface area contributed by atoms with Gasteiger partial charge < -0.3 is 9.47 Å². The molecule has 1 aromatic carbocycles.